The van der Waals surface area contributed by atoms with E-state index in [2.05, 4.69) is 50.4 Å². The molecule has 0 unspecified atom stereocenters. The molecule has 1 aromatic carbocycles. The summed E-state index contributed by atoms with van der Waals surface area (Å²) in [6.07, 6.45) is 1.17. The topological polar surface area (TPSA) is 68.0 Å². The molecule has 0 aliphatic carbocycles. The lowest BCUT2D eigenvalue weighted by atomic mass is 9.88. The molecular weight excluding hydrogens is 461 g/mol. The van der Waals surface area contributed by atoms with Gasteiger partial charge in [-0.2, -0.15) is 0 Å². The van der Waals surface area contributed by atoms with Crippen LogP contribution in [0.2, 0.25) is 0 Å². The van der Waals surface area contributed by atoms with Gasteiger partial charge in [0.2, 0.25) is 5.91 Å². The van der Waals surface area contributed by atoms with Crippen molar-refractivity contribution in [1.29, 1.82) is 0 Å². The Bertz CT molecular complexity index is 1000. The highest BCUT2D eigenvalue weighted by atomic mass is 35.5. The molecule has 4 nitrogen and oxygen atoms in total. The first kappa shape index (κ1) is 28.1. The summed E-state index contributed by atoms with van der Waals surface area (Å²) >= 11 is 1.65. The number of hydrogen-bond acceptors (Lipinski definition) is 4. The number of hydrogen-bond donors (Lipinski definition) is 2. The lowest BCUT2D eigenvalue weighted by molar-refractivity contribution is -0.120. The van der Waals surface area contributed by atoms with Gasteiger partial charge in [-0.3, -0.25) is 9.78 Å². The predicted molar refractivity (Wildman–Crippen MR) is 140 cm³/mol. The zero-order valence-corrected chi connectivity index (χ0v) is 21.6. The number of carbonyl (C=O) groups excluding carboxylic acids is 1. The highest BCUT2D eigenvalue weighted by molar-refractivity contribution is 7.09. The summed E-state index contributed by atoms with van der Waals surface area (Å²) < 4.78 is 0. The first-order valence-electron chi connectivity index (χ1n) is 10.5. The largest absolute Gasteiger partial charge is 0.351 e. The van der Waals surface area contributed by atoms with Gasteiger partial charge in [-0.1, -0.05) is 49.7 Å². The molecule has 2 heterocycles. The van der Waals surface area contributed by atoms with Gasteiger partial charge in [-0.25, -0.2) is 0 Å². The zero-order chi connectivity index (χ0) is 21.7. The van der Waals surface area contributed by atoms with Gasteiger partial charge >= 0.3 is 0 Å². The molecule has 0 fully saturated rings. The minimum atomic E-state index is 0. The van der Waals surface area contributed by atoms with Crippen LogP contribution >= 0.6 is 36.2 Å². The first-order valence-corrected chi connectivity index (χ1v) is 11.3. The van der Waals surface area contributed by atoms with Crippen molar-refractivity contribution in [2.24, 2.45) is 11.7 Å². The fourth-order valence-corrected chi connectivity index (χ4v) is 4.37. The smallest absolute Gasteiger partial charge is 0.224 e. The number of nitrogens with zero attached hydrogens (tertiary/aromatic N) is 1. The minimum Gasteiger partial charge on any atom is -0.351 e. The van der Waals surface area contributed by atoms with E-state index in [0.717, 1.165) is 44.9 Å². The number of aromatic nitrogens is 1. The van der Waals surface area contributed by atoms with Gasteiger partial charge in [0.15, 0.2) is 0 Å². The molecule has 3 N–H and O–H groups in total. The number of nitrogens with one attached hydrogen (secondary N) is 1. The number of nitrogens with two attached hydrogens (primary N) is 1. The van der Waals surface area contributed by atoms with E-state index in [0.29, 0.717) is 25.4 Å². The number of carbonyl (C=O) groups is 1. The van der Waals surface area contributed by atoms with E-state index in [-0.39, 0.29) is 30.7 Å². The van der Waals surface area contributed by atoms with Crippen molar-refractivity contribution in [3.63, 3.8) is 0 Å². The fraction of sp³-hybridized carbons (Fsp3) is 0.360. The number of thiophene rings is 1. The van der Waals surface area contributed by atoms with Gasteiger partial charge in [0, 0.05) is 22.8 Å². The zero-order valence-electron chi connectivity index (χ0n) is 19.1. The van der Waals surface area contributed by atoms with Crippen LogP contribution in [0.5, 0.6) is 0 Å². The highest BCUT2D eigenvalue weighted by Gasteiger charge is 2.21. The van der Waals surface area contributed by atoms with E-state index >= 15 is 0 Å². The Morgan fingerprint density at radius 2 is 1.78 bits per heavy atom. The average molecular weight is 495 g/mol. The van der Waals surface area contributed by atoms with Crippen molar-refractivity contribution < 1.29 is 4.79 Å². The quantitative estimate of drug-likeness (QED) is 0.417. The van der Waals surface area contributed by atoms with E-state index in [4.69, 9.17) is 10.7 Å². The molecule has 0 aliphatic heterocycles. The standard InChI is InChI=1S/C25H31N3OS.2ClH/c1-16(2)12-23-22(14-26)25(19-9-7-17(3)8-10-19)21(18(4)28-23)13-24(29)27-15-20-6-5-11-30-20;;/h5-11,16H,12-15,26H2,1-4H3,(H,27,29);2*1H. The molecule has 0 aliphatic rings. The molecule has 0 bridgehead atoms. The molecule has 0 saturated carbocycles. The van der Waals surface area contributed by atoms with Crippen LogP contribution in [0.25, 0.3) is 11.1 Å². The molecule has 32 heavy (non-hydrogen) atoms. The molecule has 7 heteroatoms. The van der Waals surface area contributed by atoms with Gasteiger partial charge in [0.1, 0.15) is 0 Å². The third-order valence-corrected chi connectivity index (χ3v) is 6.09. The van der Waals surface area contributed by atoms with Crippen molar-refractivity contribution in [3.8, 4) is 11.1 Å². The normalized spacial score (nSPS) is 10.4. The van der Waals surface area contributed by atoms with Crippen LogP contribution in [0, 0.1) is 19.8 Å². The summed E-state index contributed by atoms with van der Waals surface area (Å²) in [5.41, 5.74) is 13.6. The number of pyridine rings is 1. The van der Waals surface area contributed by atoms with Crippen LogP contribution in [0.1, 0.15) is 46.8 Å². The molecule has 3 rings (SSSR count). The second kappa shape index (κ2) is 12.9. The molecule has 2 aromatic heterocycles. The van der Waals surface area contributed by atoms with Crippen LogP contribution in [0.3, 0.4) is 0 Å². The van der Waals surface area contributed by atoms with Gasteiger partial charge < -0.3 is 11.1 Å². The third-order valence-electron chi connectivity index (χ3n) is 5.21. The molecule has 174 valence electrons. The molecular formula is C25H33Cl2N3OS. The lowest BCUT2D eigenvalue weighted by Crippen LogP contribution is -2.25. The van der Waals surface area contributed by atoms with E-state index < -0.39 is 0 Å². The summed E-state index contributed by atoms with van der Waals surface area (Å²) in [6, 6.07) is 12.5. The molecule has 3 aromatic rings. The maximum atomic E-state index is 12.8. The van der Waals surface area contributed by atoms with Crippen LogP contribution in [-0.4, -0.2) is 10.9 Å². The Balaban J connectivity index is 0.00000256. The molecule has 0 radical (unpaired) electrons. The summed E-state index contributed by atoms with van der Waals surface area (Å²) in [6.45, 7) is 9.42. The highest BCUT2D eigenvalue weighted by Crippen LogP contribution is 2.33. The Morgan fingerprint density at radius 1 is 1.09 bits per heavy atom. The Kier molecular flexibility index (Phi) is 11.4. The van der Waals surface area contributed by atoms with Crippen LogP contribution in [-0.2, 0) is 30.7 Å². The average Bonchev–Trinajstić information content (AvgIpc) is 3.22. The molecule has 1 amide bonds. The molecule has 0 spiro atoms. The van der Waals surface area contributed by atoms with E-state index in [1.54, 1.807) is 11.3 Å². The second-order valence-corrected chi connectivity index (χ2v) is 9.21. The van der Waals surface area contributed by atoms with Crippen LogP contribution in [0.4, 0.5) is 0 Å². The summed E-state index contributed by atoms with van der Waals surface area (Å²) in [5, 5.41) is 5.07. The van der Waals surface area contributed by atoms with Crippen molar-refractivity contribution in [2.75, 3.05) is 0 Å². The first-order chi connectivity index (χ1) is 14.4. The Hall–Kier alpha value is -1.92. The van der Waals surface area contributed by atoms with Crippen molar-refractivity contribution in [1.82, 2.24) is 10.3 Å². The summed E-state index contributed by atoms with van der Waals surface area (Å²) in [5.74, 6) is 0.481. The van der Waals surface area contributed by atoms with Gasteiger partial charge in [0.25, 0.3) is 0 Å². The lowest BCUT2D eigenvalue weighted by Gasteiger charge is -2.21. The second-order valence-electron chi connectivity index (χ2n) is 8.18. The fourth-order valence-electron chi connectivity index (χ4n) is 3.73. The van der Waals surface area contributed by atoms with E-state index in [1.807, 2.05) is 24.4 Å². The number of aryl methyl sites for hydroxylation is 2. The SMILES string of the molecule is Cc1ccc(-c2c(CC(=O)NCc3cccs3)c(C)nc(CC(C)C)c2CN)cc1.Cl.Cl. The van der Waals surface area contributed by atoms with Crippen molar-refractivity contribution in [3.05, 3.63) is 74.7 Å². The number of benzene rings is 1. The maximum Gasteiger partial charge on any atom is 0.224 e. The van der Waals surface area contributed by atoms with Gasteiger partial charge in [-0.05, 0) is 59.9 Å². The summed E-state index contributed by atoms with van der Waals surface area (Å²) in [7, 11) is 0. The van der Waals surface area contributed by atoms with Crippen LogP contribution in [0.15, 0.2) is 41.8 Å². The Labute approximate surface area is 207 Å². The van der Waals surface area contributed by atoms with E-state index in [1.165, 1.54) is 5.56 Å². The van der Waals surface area contributed by atoms with Crippen molar-refractivity contribution in [2.45, 2.75) is 53.6 Å². The molecule has 0 saturated heterocycles. The maximum absolute atomic E-state index is 12.8. The summed E-state index contributed by atoms with van der Waals surface area (Å²) in [4.78, 5) is 18.8. The van der Waals surface area contributed by atoms with E-state index in [9.17, 15) is 4.79 Å². The Morgan fingerprint density at radius 3 is 2.34 bits per heavy atom. The number of amides is 1. The number of halogens is 2. The van der Waals surface area contributed by atoms with Crippen LogP contribution < -0.4 is 11.1 Å². The minimum absolute atomic E-state index is 0. The van der Waals surface area contributed by atoms with Gasteiger partial charge in [-0.15, -0.1) is 36.2 Å². The van der Waals surface area contributed by atoms with Crippen molar-refractivity contribution >= 4 is 42.1 Å². The molecule has 0 atom stereocenters. The van der Waals surface area contributed by atoms with Gasteiger partial charge in [0.05, 0.1) is 13.0 Å². The third kappa shape index (κ3) is 7.04. The monoisotopic (exact) mass is 493 g/mol. The number of rotatable bonds is 8. The predicted octanol–water partition coefficient (Wildman–Crippen LogP) is 5.79.